The van der Waals surface area contributed by atoms with Gasteiger partial charge in [0.05, 0.1) is 6.20 Å². The standard InChI is InChI=1S/C3H8N2.C3H3NO/c2*1-2-5-3-4-1/h4-5H,1-3H2;1-3H. The van der Waals surface area contributed by atoms with Gasteiger partial charge in [0.2, 0.25) is 0 Å². The van der Waals surface area contributed by atoms with E-state index in [4.69, 9.17) is 0 Å². The SMILES string of the molecule is C1CNCN1.c1cocn1. The van der Waals surface area contributed by atoms with Crippen LogP contribution >= 0.6 is 0 Å². The minimum atomic E-state index is 1.00. The molecular weight excluding hydrogens is 130 g/mol. The lowest BCUT2D eigenvalue weighted by Gasteiger charge is -1.77. The number of aromatic nitrogens is 1. The maximum atomic E-state index is 4.47. The molecule has 1 aliphatic heterocycles. The van der Waals surface area contributed by atoms with Crippen LogP contribution in [0.2, 0.25) is 0 Å². The Kier molecular flexibility index (Phi) is 3.59. The molecule has 0 unspecified atom stereocenters. The lowest BCUT2D eigenvalue weighted by molar-refractivity contribution is 0.558. The summed E-state index contributed by atoms with van der Waals surface area (Å²) in [5.74, 6) is 0. The zero-order valence-electron chi connectivity index (χ0n) is 5.71. The predicted octanol–water partition coefficient (Wildman–Crippen LogP) is -0.189. The Hall–Kier alpha value is -0.870. The molecule has 1 fully saturated rings. The van der Waals surface area contributed by atoms with Crippen LogP contribution in [0.1, 0.15) is 0 Å². The molecule has 0 bridgehead atoms. The Morgan fingerprint density at radius 1 is 1.30 bits per heavy atom. The van der Waals surface area contributed by atoms with Crippen molar-refractivity contribution in [1.29, 1.82) is 0 Å². The largest absolute Gasteiger partial charge is 0.452 e. The highest BCUT2D eigenvalue weighted by molar-refractivity contribution is 4.56. The molecule has 1 saturated heterocycles. The summed E-state index contributed by atoms with van der Waals surface area (Å²) in [5, 5.41) is 6.22. The molecule has 0 aromatic carbocycles. The lowest BCUT2D eigenvalue weighted by Crippen LogP contribution is -2.11. The summed E-state index contributed by atoms with van der Waals surface area (Å²) in [4.78, 5) is 3.56. The molecule has 4 heteroatoms. The zero-order valence-corrected chi connectivity index (χ0v) is 5.71. The first-order valence-electron chi connectivity index (χ1n) is 3.24. The Bertz CT molecular complexity index is 112. The highest BCUT2D eigenvalue weighted by Crippen LogP contribution is 1.72. The molecule has 1 aromatic rings. The molecule has 4 nitrogen and oxygen atoms in total. The van der Waals surface area contributed by atoms with E-state index in [2.05, 4.69) is 20.0 Å². The highest BCUT2D eigenvalue weighted by Gasteiger charge is 1.90. The molecule has 2 heterocycles. The molecule has 0 spiro atoms. The molecule has 0 aliphatic carbocycles. The maximum Gasteiger partial charge on any atom is 0.180 e. The van der Waals surface area contributed by atoms with Gasteiger partial charge in [-0.25, -0.2) is 4.98 Å². The van der Waals surface area contributed by atoms with Crippen LogP contribution in [0.3, 0.4) is 0 Å². The molecular formula is C6H11N3O. The summed E-state index contributed by atoms with van der Waals surface area (Å²) in [7, 11) is 0. The van der Waals surface area contributed by atoms with E-state index in [0.29, 0.717) is 0 Å². The normalized spacial score (nSPS) is 16.0. The van der Waals surface area contributed by atoms with Crippen LogP contribution in [-0.2, 0) is 0 Å². The molecule has 0 saturated carbocycles. The number of hydrogen-bond acceptors (Lipinski definition) is 4. The van der Waals surface area contributed by atoms with E-state index >= 15 is 0 Å². The van der Waals surface area contributed by atoms with E-state index in [-0.39, 0.29) is 0 Å². The minimum absolute atomic E-state index is 1.00. The number of nitrogens with zero attached hydrogens (tertiary/aromatic N) is 1. The molecule has 0 radical (unpaired) electrons. The van der Waals surface area contributed by atoms with E-state index in [9.17, 15) is 0 Å². The van der Waals surface area contributed by atoms with Crippen molar-refractivity contribution in [2.45, 2.75) is 0 Å². The number of oxazole rings is 1. The Morgan fingerprint density at radius 2 is 2.10 bits per heavy atom. The summed E-state index contributed by atoms with van der Waals surface area (Å²) in [6.07, 6.45) is 4.47. The first-order chi connectivity index (χ1) is 5.00. The van der Waals surface area contributed by atoms with Crippen molar-refractivity contribution < 1.29 is 4.42 Å². The zero-order chi connectivity index (χ0) is 7.07. The van der Waals surface area contributed by atoms with Gasteiger partial charge in [0.15, 0.2) is 6.39 Å². The van der Waals surface area contributed by atoms with Gasteiger partial charge in [0, 0.05) is 19.8 Å². The van der Waals surface area contributed by atoms with Gasteiger partial charge in [0.1, 0.15) is 6.26 Å². The van der Waals surface area contributed by atoms with E-state index in [1.165, 1.54) is 12.7 Å². The van der Waals surface area contributed by atoms with Gasteiger partial charge in [-0.15, -0.1) is 0 Å². The molecule has 1 aliphatic rings. The molecule has 56 valence electrons. The van der Waals surface area contributed by atoms with Gasteiger partial charge in [-0.05, 0) is 0 Å². The quantitative estimate of drug-likeness (QED) is 0.526. The summed E-state index contributed by atoms with van der Waals surface area (Å²) in [6.45, 7) is 3.28. The second-order valence-electron chi connectivity index (χ2n) is 1.85. The fourth-order valence-electron chi connectivity index (χ4n) is 0.618. The van der Waals surface area contributed by atoms with Crippen molar-refractivity contribution in [1.82, 2.24) is 15.6 Å². The first kappa shape index (κ1) is 7.24. The van der Waals surface area contributed by atoms with E-state index in [1.807, 2.05) is 0 Å². The first-order valence-corrected chi connectivity index (χ1v) is 3.24. The molecule has 2 rings (SSSR count). The van der Waals surface area contributed by atoms with Gasteiger partial charge in [0.25, 0.3) is 0 Å². The van der Waals surface area contributed by atoms with Crippen LogP contribution in [0.15, 0.2) is 23.3 Å². The monoisotopic (exact) mass is 141 g/mol. The fraction of sp³-hybridized carbons (Fsp3) is 0.500. The van der Waals surface area contributed by atoms with Crippen molar-refractivity contribution in [3.05, 3.63) is 18.9 Å². The Morgan fingerprint density at radius 3 is 2.30 bits per heavy atom. The van der Waals surface area contributed by atoms with Gasteiger partial charge >= 0.3 is 0 Å². The van der Waals surface area contributed by atoms with Crippen LogP contribution in [-0.4, -0.2) is 24.7 Å². The van der Waals surface area contributed by atoms with Gasteiger partial charge in [-0.3, -0.25) is 0 Å². The van der Waals surface area contributed by atoms with Crippen molar-refractivity contribution >= 4 is 0 Å². The van der Waals surface area contributed by atoms with Gasteiger partial charge < -0.3 is 15.1 Å². The van der Waals surface area contributed by atoms with Crippen LogP contribution in [0, 0.1) is 0 Å². The van der Waals surface area contributed by atoms with Gasteiger partial charge in [-0.1, -0.05) is 0 Å². The van der Waals surface area contributed by atoms with Crippen LogP contribution in [0.25, 0.3) is 0 Å². The molecule has 10 heavy (non-hydrogen) atoms. The fourth-order valence-corrected chi connectivity index (χ4v) is 0.618. The number of hydrogen-bond donors (Lipinski definition) is 2. The lowest BCUT2D eigenvalue weighted by atomic mass is 10.7. The highest BCUT2D eigenvalue weighted by atomic mass is 16.3. The topological polar surface area (TPSA) is 50.1 Å². The third kappa shape index (κ3) is 3.21. The average Bonchev–Trinajstić information content (AvgIpc) is 2.67. The third-order valence-electron chi connectivity index (χ3n) is 1.08. The van der Waals surface area contributed by atoms with E-state index < -0.39 is 0 Å². The minimum Gasteiger partial charge on any atom is -0.452 e. The van der Waals surface area contributed by atoms with Crippen molar-refractivity contribution in [3.8, 4) is 0 Å². The summed E-state index contributed by atoms with van der Waals surface area (Å²) < 4.78 is 4.47. The van der Waals surface area contributed by atoms with Crippen LogP contribution in [0.4, 0.5) is 0 Å². The molecule has 0 atom stereocenters. The molecule has 0 amide bonds. The Labute approximate surface area is 59.6 Å². The molecule has 2 N–H and O–H groups in total. The summed E-state index contributed by atoms with van der Waals surface area (Å²) in [6, 6.07) is 0. The molecule has 1 aromatic heterocycles. The smallest absolute Gasteiger partial charge is 0.180 e. The third-order valence-corrected chi connectivity index (χ3v) is 1.08. The van der Waals surface area contributed by atoms with E-state index in [1.54, 1.807) is 6.20 Å². The summed E-state index contributed by atoms with van der Waals surface area (Å²) >= 11 is 0. The van der Waals surface area contributed by atoms with Crippen molar-refractivity contribution in [3.63, 3.8) is 0 Å². The van der Waals surface area contributed by atoms with Crippen molar-refractivity contribution in [2.24, 2.45) is 0 Å². The average molecular weight is 141 g/mol. The van der Waals surface area contributed by atoms with Gasteiger partial charge in [-0.2, -0.15) is 0 Å². The number of nitrogens with one attached hydrogen (secondary N) is 2. The Balaban J connectivity index is 0.0000001000. The van der Waals surface area contributed by atoms with Crippen LogP contribution in [0.5, 0.6) is 0 Å². The predicted molar refractivity (Wildman–Crippen MR) is 37.4 cm³/mol. The maximum absolute atomic E-state index is 4.47. The second-order valence-corrected chi connectivity index (χ2v) is 1.85. The van der Waals surface area contributed by atoms with E-state index in [0.717, 1.165) is 19.8 Å². The van der Waals surface area contributed by atoms with Crippen LogP contribution < -0.4 is 10.6 Å². The second kappa shape index (κ2) is 4.96. The summed E-state index contributed by atoms with van der Waals surface area (Å²) in [5.41, 5.74) is 0. The number of rotatable bonds is 0. The van der Waals surface area contributed by atoms with Crippen molar-refractivity contribution in [2.75, 3.05) is 19.8 Å².